The van der Waals surface area contributed by atoms with Gasteiger partial charge in [-0.15, -0.1) is 0 Å². The second kappa shape index (κ2) is 9.23. The Kier molecular flexibility index (Phi) is 6.42. The zero-order valence-electron chi connectivity index (χ0n) is 18.5. The van der Waals surface area contributed by atoms with E-state index >= 15 is 0 Å². The minimum Gasteiger partial charge on any atom is -0.378 e. The number of anilines is 1. The van der Waals surface area contributed by atoms with Gasteiger partial charge in [0, 0.05) is 45.0 Å². The maximum absolute atomic E-state index is 12.7. The van der Waals surface area contributed by atoms with Crippen molar-refractivity contribution >= 4 is 17.6 Å². The number of morpholine rings is 1. The standard InChI is InChI=1S/C23H31N5O3/c1-16(2)14-20-18-5-3-4-17(18)19(15-24)21(25-20)26-6-8-27(9-7-26)22(29)23(30)28-10-12-31-13-11-28/h16H,3-14H2,1-2H3. The number of hydrogen-bond donors (Lipinski definition) is 0. The molecule has 2 amide bonds. The molecule has 166 valence electrons. The summed E-state index contributed by atoms with van der Waals surface area (Å²) in [5.41, 5.74) is 4.27. The van der Waals surface area contributed by atoms with E-state index in [4.69, 9.17) is 9.72 Å². The van der Waals surface area contributed by atoms with Crippen LogP contribution in [0.3, 0.4) is 0 Å². The summed E-state index contributed by atoms with van der Waals surface area (Å²) in [4.78, 5) is 35.5. The number of pyridine rings is 1. The maximum atomic E-state index is 12.7. The zero-order valence-corrected chi connectivity index (χ0v) is 18.5. The highest BCUT2D eigenvalue weighted by molar-refractivity contribution is 6.34. The Labute approximate surface area is 183 Å². The van der Waals surface area contributed by atoms with Crippen LogP contribution in [0, 0.1) is 17.2 Å². The zero-order chi connectivity index (χ0) is 22.0. The molecule has 0 radical (unpaired) electrons. The Morgan fingerprint density at radius 1 is 1.00 bits per heavy atom. The number of hydrogen-bond acceptors (Lipinski definition) is 6. The van der Waals surface area contributed by atoms with Crippen molar-refractivity contribution in [3.63, 3.8) is 0 Å². The van der Waals surface area contributed by atoms with Crippen molar-refractivity contribution in [2.24, 2.45) is 5.92 Å². The van der Waals surface area contributed by atoms with Crippen LogP contribution in [0.25, 0.3) is 0 Å². The molecule has 0 unspecified atom stereocenters. The summed E-state index contributed by atoms with van der Waals surface area (Å²) >= 11 is 0. The SMILES string of the molecule is CC(C)Cc1nc(N2CCN(C(=O)C(=O)N3CCOCC3)CC2)c(C#N)c2c1CCC2. The maximum Gasteiger partial charge on any atom is 0.312 e. The third-order valence-electron chi connectivity index (χ3n) is 6.39. The number of fused-ring (bicyclic) bond motifs is 1. The first-order valence-electron chi connectivity index (χ1n) is 11.3. The van der Waals surface area contributed by atoms with Crippen molar-refractivity contribution in [3.05, 3.63) is 22.4 Å². The Morgan fingerprint density at radius 2 is 1.61 bits per heavy atom. The van der Waals surface area contributed by atoms with Gasteiger partial charge in [-0.25, -0.2) is 4.98 Å². The van der Waals surface area contributed by atoms with E-state index in [0.717, 1.165) is 37.2 Å². The smallest absolute Gasteiger partial charge is 0.312 e. The first-order chi connectivity index (χ1) is 15.0. The molecule has 8 nitrogen and oxygen atoms in total. The van der Waals surface area contributed by atoms with Crippen LogP contribution in [0.4, 0.5) is 5.82 Å². The predicted molar refractivity (Wildman–Crippen MR) is 116 cm³/mol. The highest BCUT2D eigenvalue weighted by Gasteiger charge is 2.32. The Morgan fingerprint density at radius 3 is 2.23 bits per heavy atom. The van der Waals surface area contributed by atoms with Crippen LogP contribution in [0.5, 0.6) is 0 Å². The lowest BCUT2D eigenvalue weighted by molar-refractivity contribution is -0.154. The molecule has 2 saturated heterocycles. The van der Waals surface area contributed by atoms with E-state index in [9.17, 15) is 14.9 Å². The molecule has 0 aromatic carbocycles. The van der Waals surface area contributed by atoms with Crippen LogP contribution in [0.2, 0.25) is 0 Å². The largest absolute Gasteiger partial charge is 0.378 e. The molecule has 3 aliphatic rings. The number of carbonyl (C=O) groups excluding carboxylic acids is 2. The van der Waals surface area contributed by atoms with Crippen molar-refractivity contribution < 1.29 is 14.3 Å². The molecule has 0 bridgehead atoms. The van der Waals surface area contributed by atoms with Gasteiger partial charge in [-0.05, 0) is 42.7 Å². The van der Waals surface area contributed by atoms with Gasteiger partial charge in [0.1, 0.15) is 11.9 Å². The minimum atomic E-state index is -0.440. The molecule has 8 heteroatoms. The number of amides is 2. The van der Waals surface area contributed by atoms with E-state index in [2.05, 4.69) is 24.8 Å². The lowest BCUT2D eigenvalue weighted by Gasteiger charge is -2.37. The molecule has 3 heterocycles. The van der Waals surface area contributed by atoms with E-state index in [-0.39, 0.29) is 0 Å². The number of piperazine rings is 1. The van der Waals surface area contributed by atoms with Crippen LogP contribution < -0.4 is 4.90 Å². The Hall–Kier alpha value is -2.66. The monoisotopic (exact) mass is 425 g/mol. The van der Waals surface area contributed by atoms with Crippen LogP contribution >= 0.6 is 0 Å². The Bertz CT molecular complexity index is 893. The summed E-state index contributed by atoms with van der Waals surface area (Å²) in [5, 5.41) is 9.90. The summed E-state index contributed by atoms with van der Waals surface area (Å²) in [7, 11) is 0. The van der Waals surface area contributed by atoms with Gasteiger partial charge in [0.15, 0.2) is 0 Å². The third-order valence-corrected chi connectivity index (χ3v) is 6.39. The van der Waals surface area contributed by atoms with Crippen molar-refractivity contribution in [1.29, 1.82) is 5.26 Å². The summed E-state index contributed by atoms with van der Waals surface area (Å²) in [6.45, 7) is 8.33. The number of ether oxygens (including phenoxy) is 1. The molecule has 1 aromatic heterocycles. The van der Waals surface area contributed by atoms with Crippen molar-refractivity contribution in [1.82, 2.24) is 14.8 Å². The second-order valence-corrected chi connectivity index (χ2v) is 8.96. The molecule has 0 spiro atoms. The molecule has 2 aliphatic heterocycles. The average Bonchev–Trinajstić information content (AvgIpc) is 3.28. The van der Waals surface area contributed by atoms with Crippen LogP contribution in [0.1, 0.15) is 42.7 Å². The van der Waals surface area contributed by atoms with Crippen molar-refractivity contribution in [3.8, 4) is 6.07 Å². The third kappa shape index (κ3) is 4.38. The number of carbonyl (C=O) groups is 2. The fourth-order valence-electron chi connectivity index (χ4n) is 4.78. The van der Waals surface area contributed by atoms with Crippen molar-refractivity contribution in [2.45, 2.75) is 39.5 Å². The lowest BCUT2D eigenvalue weighted by atomic mass is 9.97. The van der Waals surface area contributed by atoms with Crippen LogP contribution in [0.15, 0.2) is 0 Å². The molecule has 0 saturated carbocycles. The van der Waals surface area contributed by atoms with E-state index in [1.807, 2.05) is 0 Å². The van der Waals surface area contributed by atoms with Gasteiger partial charge in [0.05, 0.1) is 18.8 Å². The summed E-state index contributed by atoms with van der Waals surface area (Å²) in [6, 6.07) is 2.41. The van der Waals surface area contributed by atoms with Crippen LogP contribution in [-0.2, 0) is 33.6 Å². The summed E-state index contributed by atoms with van der Waals surface area (Å²) < 4.78 is 5.27. The molecule has 4 rings (SSSR count). The summed E-state index contributed by atoms with van der Waals surface area (Å²) in [5.74, 6) is 0.373. The summed E-state index contributed by atoms with van der Waals surface area (Å²) in [6.07, 6.45) is 3.93. The number of rotatable bonds is 3. The minimum absolute atomic E-state index is 0.440. The van der Waals surface area contributed by atoms with Gasteiger partial charge < -0.3 is 19.4 Å². The second-order valence-electron chi connectivity index (χ2n) is 8.96. The quantitative estimate of drug-likeness (QED) is 0.675. The van der Waals surface area contributed by atoms with Gasteiger partial charge >= 0.3 is 11.8 Å². The molecular weight excluding hydrogens is 394 g/mol. The molecule has 31 heavy (non-hydrogen) atoms. The van der Waals surface area contributed by atoms with E-state index in [1.165, 1.54) is 11.1 Å². The normalized spacial score (nSPS) is 18.8. The van der Waals surface area contributed by atoms with Gasteiger partial charge in [-0.3, -0.25) is 9.59 Å². The molecule has 1 aromatic rings. The van der Waals surface area contributed by atoms with Gasteiger partial charge in [-0.1, -0.05) is 13.8 Å². The van der Waals surface area contributed by atoms with E-state index in [1.54, 1.807) is 9.80 Å². The first kappa shape index (κ1) is 21.6. The highest BCUT2D eigenvalue weighted by Crippen LogP contribution is 2.34. The lowest BCUT2D eigenvalue weighted by Crippen LogP contribution is -2.55. The number of nitriles is 1. The van der Waals surface area contributed by atoms with E-state index in [0.29, 0.717) is 64.0 Å². The van der Waals surface area contributed by atoms with Gasteiger partial charge in [0.2, 0.25) is 0 Å². The number of aromatic nitrogens is 1. The topological polar surface area (TPSA) is 89.8 Å². The van der Waals surface area contributed by atoms with Gasteiger partial charge in [0.25, 0.3) is 0 Å². The van der Waals surface area contributed by atoms with Gasteiger partial charge in [-0.2, -0.15) is 5.26 Å². The number of nitrogens with zero attached hydrogens (tertiary/aromatic N) is 5. The molecular formula is C23H31N5O3. The molecule has 1 aliphatic carbocycles. The fourth-order valence-corrected chi connectivity index (χ4v) is 4.78. The predicted octanol–water partition coefficient (Wildman–Crippen LogP) is 1.15. The molecule has 0 N–H and O–H groups in total. The molecule has 0 atom stereocenters. The fraction of sp³-hybridized carbons (Fsp3) is 0.652. The first-order valence-corrected chi connectivity index (χ1v) is 11.3. The highest BCUT2D eigenvalue weighted by atomic mass is 16.5. The average molecular weight is 426 g/mol. The Balaban J connectivity index is 1.49. The van der Waals surface area contributed by atoms with Crippen LogP contribution in [-0.4, -0.2) is 79.1 Å². The van der Waals surface area contributed by atoms with Crippen molar-refractivity contribution in [2.75, 3.05) is 57.4 Å². The van der Waals surface area contributed by atoms with E-state index < -0.39 is 11.8 Å². The molecule has 2 fully saturated rings.